The van der Waals surface area contributed by atoms with Gasteiger partial charge in [0.2, 0.25) is 10.0 Å². The number of sulfonamides is 1. The molecule has 0 heterocycles. The average molecular weight is 261 g/mol. The van der Waals surface area contributed by atoms with Crippen LogP contribution in [0.4, 0.5) is 5.69 Å². The van der Waals surface area contributed by atoms with Crippen LogP contribution in [0.1, 0.15) is 0 Å². The minimum Gasteiger partial charge on any atom is -0.398 e. The Morgan fingerprint density at radius 2 is 2.19 bits per heavy atom. The van der Waals surface area contributed by atoms with E-state index in [-0.39, 0.29) is 17.1 Å². The van der Waals surface area contributed by atoms with Crippen LogP contribution in [0.3, 0.4) is 0 Å². The highest BCUT2D eigenvalue weighted by molar-refractivity contribution is 7.89. The predicted octanol–water partition coefficient (Wildman–Crippen LogP) is 1.73. The Labute approximate surface area is 100 Å². The lowest BCUT2D eigenvalue weighted by atomic mass is 10.3. The first-order valence-corrected chi connectivity index (χ1v) is 6.33. The number of hydrogen-bond donors (Lipinski definition) is 1. The highest BCUT2D eigenvalue weighted by Crippen LogP contribution is 2.24. The van der Waals surface area contributed by atoms with Crippen LogP contribution in [-0.4, -0.2) is 26.3 Å². The highest BCUT2D eigenvalue weighted by atomic mass is 35.5. The van der Waals surface area contributed by atoms with Crippen LogP contribution in [0.15, 0.2) is 35.7 Å². The van der Waals surface area contributed by atoms with Gasteiger partial charge < -0.3 is 5.73 Å². The largest absolute Gasteiger partial charge is 0.398 e. The van der Waals surface area contributed by atoms with Gasteiger partial charge in [-0.25, -0.2) is 8.42 Å². The van der Waals surface area contributed by atoms with Gasteiger partial charge in [-0.15, -0.1) is 6.58 Å². The summed E-state index contributed by atoms with van der Waals surface area (Å²) in [6, 6.07) is 4.30. The van der Waals surface area contributed by atoms with E-state index >= 15 is 0 Å². The Balaban J connectivity index is 3.22. The Kier molecular flexibility index (Phi) is 3.96. The molecule has 1 rings (SSSR count). The van der Waals surface area contributed by atoms with E-state index in [1.165, 1.54) is 35.6 Å². The fraction of sp³-hybridized carbons (Fsp3) is 0.200. The summed E-state index contributed by atoms with van der Waals surface area (Å²) in [6.07, 6.45) is 1.50. The fourth-order valence-corrected chi connectivity index (χ4v) is 2.62. The van der Waals surface area contributed by atoms with Crippen molar-refractivity contribution in [3.05, 3.63) is 35.9 Å². The molecule has 16 heavy (non-hydrogen) atoms. The molecular formula is C10H13ClN2O2S. The number of anilines is 1. The number of benzene rings is 1. The quantitative estimate of drug-likeness (QED) is 0.662. The molecule has 0 fully saturated rings. The number of halogens is 1. The van der Waals surface area contributed by atoms with Crippen molar-refractivity contribution in [1.29, 1.82) is 0 Å². The van der Waals surface area contributed by atoms with Crippen LogP contribution in [0, 0.1) is 0 Å². The molecule has 4 nitrogen and oxygen atoms in total. The third-order valence-electron chi connectivity index (χ3n) is 2.05. The molecule has 6 heteroatoms. The van der Waals surface area contributed by atoms with Crippen LogP contribution in [-0.2, 0) is 10.0 Å². The topological polar surface area (TPSA) is 63.4 Å². The average Bonchev–Trinajstić information content (AvgIpc) is 2.17. The number of nitrogens with two attached hydrogens (primary N) is 1. The molecule has 0 saturated carbocycles. The Morgan fingerprint density at radius 3 is 2.69 bits per heavy atom. The van der Waals surface area contributed by atoms with Crippen LogP contribution in [0.2, 0.25) is 5.02 Å². The molecule has 0 unspecified atom stereocenters. The summed E-state index contributed by atoms with van der Waals surface area (Å²) in [5.74, 6) is 0. The number of hydrogen-bond acceptors (Lipinski definition) is 3. The van der Waals surface area contributed by atoms with Gasteiger partial charge in [0.05, 0.1) is 5.69 Å². The number of nitrogen functional groups attached to an aromatic ring is 1. The number of likely N-dealkylation sites (N-methyl/N-ethyl adjacent to an activating group) is 1. The standard InChI is InChI=1S/C10H13ClN2O2S/c1-3-6-13(2)16(14,15)10-5-4-8(11)7-9(10)12/h3-5,7H,1,6,12H2,2H3. The maximum absolute atomic E-state index is 12.0. The van der Waals surface area contributed by atoms with E-state index in [1.807, 2.05) is 0 Å². The van der Waals surface area contributed by atoms with Crippen LogP contribution in [0.5, 0.6) is 0 Å². The van der Waals surface area contributed by atoms with Crippen LogP contribution >= 0.6 is 11.6 Å². The van der Waals surface area contributed by atoms with Crippen LogP contribution in [0.25, 0.3) is 0 Å². The van der Waals surface area contributed by atoms with Gasteiger partial charge in [0.1, 0.15) is 4.90 Å². The first kappa shape index (κ1) is 13.0. The minimum atomic E-state index is -3.57. The summed E-state index contributed by atoms with van der Waals surface area (Å²) >= 11 is 5.70. The molecule has 88 valence electrons. The molecule has 0 amide bonds. The molecule has 0 aliphatic rings. The highest BCUT2D eigenvalue weighted by Gasteiger charge is 2.22. The maximum Gasteiger partial charge on any atom is 0.245 e. The van der Waals surface area contributed by atoms with Crippen molar-refractivity contribution >= 4 is 27.3 Å². The minimum absolute atomic E-state index is 0.0567. The zero-order valence-corrected chi connectivity index (χ0v) is 10.4. The summed E-state index contributed by atoms with van der Waals surface area (Å²) in [7, 11) is -2.11. The van der Waals surface area contributed by atoms with Crippen molar-refractivity contribution in [2.45, 2.75) is 4.90 Å². The monoisotopic (exact) mass is 260 g/mol. The zero-order valence-electron chi connectivity index (χ0n) is 8.85. The molecule has 0 radical (unpaired) electrons. The van der Waals surface area contributed by atoms with Gasteiger partial charge in [0.25, 0.3) is 0 Å². The van der Waals surface area contributed by atoms with Crippen molar-refractivity contribution in [3.63, 3.8) is 0 Å². The van der Waals surface area contributed by atoms with Gasteiger partial charge in [-0.05, 0) is 18.2 Å². The van der Waals surface area contributed by atoms with Gasteiger partial charge in [-0.2, -0.15) is 4.31 Å². The fourth-order valence-electron chi connectivity index (χ4n) is 1.20. The van der Waals surface area contributed by atoms with Crippen LogP contribution < -0.4 is 5.73 Å². The summed E-state index contributed by atoms with van der Waals surface area (Å²) in [6.45, 7) is 3.71. The third kappa shape index (κ3) is 2.55. The molecule has 1 aromatic rings. The van der Waals surface area contributed by atoms with Crippen molar-refractivity contribution in [2.24, 2.45) is 0 Å². The zero-order chi connectivity index (χ0) is 12.3. The lowest BCUT2D eigenvalue weighted by Gasteiger charge is -2.16. The van der Waals surface area contributed by atoms with Gasteiger partial charge >= 0.3 is 0 Å². The number of nitrogens with zero attached hydrogens (tertiary/aromatic N) is 1. The number of rotatable bonds is 4. The molecule has 0 spiro atoms. The summed E-state index contributed by atoms with van der Waals surface area (Å²) in [5, 5.41) is 0.405. The summed E-state index contributed by atoms with van der Waals surface area (Å²) in [4.78, 5) is 0.0567. The Hall–Kier alpha value is -1.04. The van der Waals surface area contributed by atoms with E-state index in [9.17, 15) is 8.42 Å². The molecule has 0 aliphatic carbocycles. The molecule has 0 aliphatic heterocycles. The van der Waals surface area contributed by atoms with E-state index in [2.05, 4.69) is 6.58 Å². The normalized spacial score (nSPS) is 11.7. The molecule has 0 saturated heterocycles. The molecule has 0 aromatic heterocycles. The smallest absolute Gasteiger partial charge is 0.245 e. The molecule has 1 aromatic carbocycles. The predicted molar refractivity (Wildman–Crippen MR) is 65.9 cm³/mol. The second-order valence-corrected chi connectivity index (χ2v) is 5.71. The van der Waals surface area contributed by atoms with Crippen molar-refractivity contribution in [2.75, 3.05) is 19.3 Å². The van der Waals surface area contributed by atoms with Crippen molar-refractivity contribution in [1.82, 2.24) is 4.31 Å². The Bertz CT molecular complexity index is 500. The first-order valence-electron chi connectivity index (χ1n) is 4.52. The summed E-state index contributed by atoms with van der Waals surface area (Å²) in [5.41, 5.74) is 5.77. The van der Waals surface area contributed by atoms with Crippen molar-refractivity contribution in [3.8, 4) is 0 Å². The van der Waals surface area contributed by atoms with E-state index in [4.69, 9.17) is 17.3 Å². The summed E-state index contributed by atoms with van der Waals surface area (Å²) < 4.78 is 25.2. The maximum atomic E-state index is 12.0. The first-order chi connectivity index (χ1) is 7.39. The van der Waals surface area contributed by atoms with Crippen molar-refractivity contribution < 1.29 is 8.42 Å². The SMILES string of the molecule is C=CCN(C)S(=O)(=O)c1ccc(Cl)cc1N. The van der Waals surface area contributed by atoms with E-state index in [0.29, 0.717) is 5.02 Å². The second-order valence-electron chi connectivity index (χ2n) is 3.26. The molecular weight excluding hydrogens is 248 g/mol. The Morgan fingerprint density at radius 1 is 1.56 bits per heavy atom. The van der Waals surface area contributed by atoms with Gasteiger partial charge in [-0.1, -0.05) is 17.7 Å². The lowest BCUT2D eigenvalue weighted by Crippen LogP contribution is -2.27. The van der Waals surface area contributed by atoms with Gasteiger partial charge in [0, 0.05) is 18.6 Å². The van der Waals surface area contributed by atoms with E-state index < -0.39 is 10.0 Å². The lowest BCUT2D eigenvalue weighted by molar-refractivity contribution is 0.500. The van der Waals surface area contributed by atoms with E-state index in [1.54, 1.807) is 0 Å². The molecule has 0 atom stereocenters. The molecule has 0 bridgehead atoms. The second kappa shape index (κ2) is 4.86. The van der Waals surface area contributed by atoms with E-state index in [0.717, 1.165) is 0 Å². The third-order valence-corrected chi connectivity index (χ3v) is 4.18. The van der Waals surface area contributed by atoms with Gasteiger partial charge in [-0.3, -0.25) is 0 Å². The molecule has 2 N–H and O–H groups in total. The van der Waals surface area contributed by atoms with Gasteiger partial charge in [0.15, 0.2) is 0 Å².